The van der Waals surface area contributed by atoms with E-state index in [1.165, 1.54) is 0 Å². The number of carbonyl (C=O) groups is 1. The Morgan fingerprint density at radius 3 is 2.23 bits per heavy atom. The minimum atomic E-state index is -0.929. The van der Waals surface area contributed by atoms with E-state index in [4.69, 9.17) is 16.7 Å². The highest BCUT2D eigenvalue weighted by molar-refractivity contribution is 6.17. The fourth-order valence-electron chi connectivity index (χ4n) is 0.845. The topological polar surface area (TPSA) is 100 Å². The zero-order valence-corrected chi connectivity index (χ0v) is 7.51. The number of aromatic carboxylic acids is 1. The van der Waals surface area contributed by atoms with Gasteiger partial charge in [0.25, 0.3) is 0 Å². The molecular weight excluding hydrogens is 196 g/mol. The Labute approximate surface area is 80.4 Å². The molecule has 0 aromatic heterocycles. The molecule has 0 bridgehead atoms. The lowest BCUT2D eigenvalue weighted by Crippen LogP contribution is -1.99. The molecule has 0 fully saturated rings. The van der Waals surface area contributed by atoms with Crippen LogP contribution in [0.15, 0.2) is 24.3 Å². The number of benzene rings is 1. The van der Waals surface area contributed by atoms with E-state index >= 15 is 0 Å². The Bertz CT molecular complexity index is 275. The predicted octanol–water partition coefficient (Wildman–Crippen LogP) is 0.474. The van der Waals surface area contributed by atoms with E-state index in [2.05, 4.69) is 0 Å². The Morgan fingerprint density at radius 2 is 1.85 bits per heavy atom. The number of carboxylic acids is 1. The molecule has 13 heavy (non-hydrogen) atoms. The van der Waals surface area contributed by atoms with Gasteiger partial charge in [0.05, 0.1) is 5.56 Å². The number of hydrogen-bond acceptors (Lipinski definition) is 1. The molecule has 74 valence electrons. The van der Waals surface area contributed by atoms with E-state index in [0.717, 1.165) is 0 Å². The molecule has 0 spiro atoms. The number of carboxylic acid groups (broad SMARTS) is 1. The summed E-state index contributed by atoms with van der Waals surface area (Å²) < 4.78 is 0. The van der Waals surface area contributed by atoms with Crippen molar-refractivity contribution in [3.63, 3.8) is 0 Å². The van der Waals surface area contributed by atoms with Crippen molar-refractivity contribution in [2.75, 3.05) is 0 Å². The van der Waals surface area contributed by atoms with Gasteiger partial charge >= 0.3 is 5.97 Å². The first kappa shape index (κ1) is 14.4. The lowest BCUT2D eigenvalue weighted by Gasteiger charge is -1.99. The average Bonchev–Trinajstić information content (AvgIpc) is 2.04. The molecule has 1 rings (SSSR count). The number of hydrogen-bond donors (Lipinski definition) is 1. The quantitative estimate of drug-likeness (QED) is 0.712. The van der Waals surface area contributed by atoms with Crippen LogP contribution in [0.5, 0.6) is 0 Å². The molecular formula is C8H11ClO4. The van der Waals surface area contributed by atoms with Crippen molar-refractivity contribution in [2.45, 2.75) is 5.88 Å². The van der Waals surface area contributed by atoms with Crippen LogP contribution < -0.4 is 0 Å². The molecule has 5 N–H and O–H groups in total. The van der Waals surface area contributed by atoms with Crippen LogP contribution in [-0.2, 0) is 5.88 Å². The summed E-state index contributed by atoms with van der Waals surface area (Å²) in [4.78, 5) is 10.5. The van der Waals surface area contributed by atoms with E-state index < -0.39 is 5.97 Å². The van der Waals surface area contributed by atoms with Crippen molar-refractivity contribution in [1.82, 2.24) is 0 Å². The number of rotatable bonds is 2. The highest BCUT2D eigenvalue weighted by atomic mass is 35.5. The van der Waals surface area contributed by atoms with Crippen molar-refractivity contribution >= 4 is 17.6 Å². The SMILES string of the molecule is O.O.O=C(O)c1ccccc1CCl. The monoisotopic (exact) mass is 206 g/mol. The van der Waals surface area contributed by atoms with Crippen LogP contribution >= 0.6 is 11.6 Å². The lowest BCUT2D eigenvalue weighted by molar-refractivity contribution is 0.0696. The summed E-state index contributed by atoms with van der Waals surface area (Å²) >= 11 is 5.51. The first-order chi connectivity index (χ1) is 5.25. The largest absolute Gasteiger partial charge is 0.478 e. The number of halogens is 1. The molecule has 4 nitrogen and oxygen atoms in total. The molecule has 0 aliphatic heterocycles. The van der Waals surface area contributed by atoms with Crippen LogP contribution in [0.3, 0.4) is 0 Å². The summed E-state index contributed by atoms with van der Waals surface area (Å²) in [6, 6.07) is 6.69. The van der Waals surface area contributed by atoms with Crippen molar-refractivity contribution in [3.8, 4) is 0 Å². The van der Waals surface area contributed by atoms with Crippen LogP contribution in [0.4, 0.5) is 0 Å². The van der Waals surface area contributed by atoms with Crippen molar-refractivity contribution < 1.29 is 20.9 Å². The van der Waals surface area contributed by atoms with Crippen LogP contribution in [-0.4, -0.2) is 22.0 Å². The third-order valence-corrected chi connectivity index (χ3v) is 1.68. The molecule has 0 radical (unpaired) electrons. The van der Waals surface area contributed by atoms with Gasteiger partial charge < -0.3 is 16.1 Å². The predicted molar refractivity (Wildman–Crippen MR) is 50.2 cm³/mol. The molecule has 0 aliphatic rings. The molecule has 0 unspecified atom stereocenters. The molecule has 0 heterocycles. The number of alkyl halides is 1. The molecule has 0 aliphatic carbocycles. The maximum atomic E-state index is 10.5. The summed E-state index contributed by atoms with van der Waals surface area (Å²) in [5, 5.41) is 8.64. The molecule has 1 aromatic carbocycles. The molecule has 0 saturated heterocycles. The van der Waals surface area contributed by atoms with Gasteiger partial charge in [0.2, 0.25) is 0 Å². The third kappa shape index (κ3) is 3.42. The highest BCUT2D eigenvalue weighted by Crippen LogP contribution is 2.10. The first-order valence-corrected chi connectivity index (χ1v) is 3.66. The summed E-state index contributed by atoms with van der Waals surface area (Å²) in [6.45, 7) is 0. The van der Waals surface area contributed by atoms with Crippen molar-refractivity contribution in [1.29, 1.82) is 0 Å². The van der Waals surface area contributed by atoms with Gasteiger partial charge in [-0.3, -0.25) is 0 Å². The lowest BCUT2D eigenvalue weighted by atomic mass is 10.1. The van der Waals surface area contributed by atoms with Crippen molar-refractivity contribution in [3.05, 3.63) is 35.4 Å². The first-order valence-electron chi connectivity index (χ1n) is 3.13. The van der Waals surface area contributed by atoms with Gasteiger partial charge in [0.1, 0.15) is 0 Å². The molecule has 0 saturated carbocycles. The normalized spacial score (nSPS) is 8.08. The second-order valence-corrected chi connectivity index (χ2v) is 2.36. The van der Waals surface area contributed by atoms with E-state index in [-0.39, 0.29) is 22.4 Å². The summed E-state index contributed by atoms with van der Waals surface area (Å²) in [7, 11) is 0. The van der Waals surface area contributed by atoms with Crippen LogP contribution in [0, 0.1) is 0 Å². The van der Waals surface area contributed by atoms with E-state index in [1.807, 2.05) is 0 Å². The van der Waals surface area contributed by atoms with E-state index in [0.29, 0.717) is 5.56 Å². The Morgan fingerprint density at radius 1 is 1.31 bits per heavy atom. The fourth-order valence-corrected chi connectivity index (χ4v) is 1.08. The Balaban J connectivity index is 0. The second kappa shape index (κ2) is 6.42. The molecule has 0 amide bonds. The van der Waals surface area contributed by atoms with Gasteiger partial charge in [-0.05, 0) is 11.6 Å². The fraction of sp³-hybridized carbons (Fsp3) is 0.125. The van der Waals surface area contributed by atoms with E-state index in [9.17, 15) is 4.79 Å². The Hall–Kier alpha value is -1.10. The third-order valence-electron chi connectivity index (χ3n) is 1.39. The van der Waals surface area contributed by atoms with Gasteiger partial charge in [-0.1, -0.05) is 18.2 Å². The standard InChI is InChI=1S/C8H7ClO2.2H2O/c9-5-6-3-1-2-4-7(6)8(10)11;;/h1-4H,5H2,(H,10,11);2*1H2. The second-order valence-electron chi connectivity index (χ2n) is 2.10. The minimum Gasteiger partial charge on any atom is -0.478 e. The van der Waals surface area contributed by atoms with Crippen LogP contribution in [0.2, 0.25) is 0 Å². The average molecular weight is 207 g/mol. The highest BCUT2D eigenvalue weighted by Gasteiger charge is 2.06. The van der Waals surface area contributed by atoms with Crippen LogP contribution in [0.1, 0.15) is 15.9 Å². The van der Waals surface area contributed by atoms with Gasteiger partial charge in [0.15, 0.2) is 0 Å². The van der Waals surface area contributed by atoms with Gasteiger partial charge in [-0.15, -0.1) is 11.6 Å². The van der Waals surface area contributed by atoms with Gasteiger partial charge in [-0.25, -0.2) is 4.79 Å². The molecule has 0 atom stereocenters. The molecule has 5 heteroatoms. The molecule has 1 aromatic rings. The van der Waals surface area contributed by atoms with Crippen molar-refractivity contribution in [2.24, 2.45) is 0 Å². The van der Waals surface area contributed by atoms with Gasteiger partial charge in [0, 0.05) is 5.88 Å². The minimum absolute atomic E-state index is 0. The smallest absolute Gasteiger partial charge is 0.336 e. The summed E-state index contributed by atoms with van der Waals surface area (Å²) in [6.07, 6.45) is 0. The summed E-state index contributed by atoms with van der Waals surface area (Å²) in [5.41, 5.74) is 0.934. The maximum Gasteiger partial charge on any atom is 0.336 e. The van der Waals surface area contributed by atoms with E-state index in [1.54, 1.807) is 24.3 Å². The zero-order valence-electron chi connectivity index (χ0n) is 6.75. The summed E-state index contributed by atoms with van der Waals surface area (Å²) in [5.74, 6) is -0.691. The maximum absolute atomic E-state index is 10.5. The van der Waals surface area contributed by atoms with Gasteiger partial charge in [-0.2, -0.15) is 0 Å². The van der Waals surface area contributed by atoms with Crippen LogP contribution in [0.25, 0.3) is 0 Å². The zero-order chi connectivity index (χ0) is 8.27. The Kier molecular flexibility index (Phi) is 7.12.